The van der Waals surface area contributed by atoms with Gasteiger partial charge in [0, 0.05) is 5.38 Å². The fourth-order valence-electron chi connectivity index (χ4n) is 2.03. The molecule has 0 aliphatic heterocycles. The van der Waals surface area contributed by atoms with E-state index in [1.165, 1.54) is 11.3 Å². The van der Waals surface area contributed by atoms with Crippen molar-refractivity contribution in [3.05, 3.63) is 58.5 Å². The first kappa shape index (κ1) is 13.3. The van der Waals surface area contributed by atoms with Crippen LogP contribution >= 0.6 is 11.3 Å². The number of carboxylic acids is 1. The smallest absolute Gasteiger partial charge is 0.337 e. The zero-order chi connectivity index (χ0) is 14.8. The summed E-state index contributed by atoms with van der Waals surface area (Å²) in [5.41, 5.74) is 2.13. The van der Waals surface area contributed by atoms with Gasteiger partial charge in [-0.2, -0.15) is 0 Å². The maximum Gasteiger partial charge on any atom is 0.337 e. The van der Waals surface area contributed by atoms with E-state index in [-0.39, 0.29) is 16.9 Å². The Morgan fingerprint density at radius 1 is 1.14 bits per heavy atom. The van der Waals surface area contributed by atoms with Crippen molar-refractivity contribution in [1.29, 1.82) is 0 Å². The van der Waals surface area contributed by atoms with E-state index in [4.69, 9.17) is 0 Å². The molecule has 2 N–H and O–H groups in total. The SMILES string of the molecule is O=C(Nc1cc2ccccc2cc1C(=O)O)c1cscn1. The number of aromatic nitrogens is 1. The number of thiazole rings is 1. The first-order valence-corrected chi connectivity index (χ1v) is 7.05. The van der Waals surface area contributed by atoms with Gasteiger partial charge < -0.3 is 10.4 Å². The molecule has 6 heteroatoms. The Labute approximate surface area is 123 Å². The lowest BCUT2D eigenvalue weighted by Crippen LogP contribution is -2.15. The number of nitrogens with one attached hydrogen (secondary N) is 1. The molecule has 1 aromatic heterocycles. The van der Waals surface area contributed by atoms with E-state index in [1.807, 2.05) is 24.3 Å². The summed E-state index contributed by atoms with van der Waals surface area (Å²) in [5.74, 6) is -1.51. The predicted molar refractivity (Wildman–Crippen MR) is 81.0 cm³/mol. The minimum Gasteiger partial charge on any atom is -0.478 e. The van der Waals surface area contributed by atoms with E-state index in [0.717, 1.165) is 10.8 Å². The molecule has 3 rings (SSSR count). The topological polar surface area (TPSA) is 79.3 Å². The quantitative estimate of drug-likeness (QED) is 0.778. The molecule has 1 heterocycles. The molecule has 104 valence electrons. The van der Waals surface area contributed by atoms with Gasteiger partial charge in [-0.3, -0.25) is 4.79 Å². The summed E-state index contributed by atoms with van der Waals surface area (Å²) in [6.07, 6.45) is 0. The molecule has 0 aliphatic carbocycles. The van der Waals surface area contributed by atoms with Gasteiger partial charge in [-0.25, -0.2) is 9.78 Å². The van der Waals surface area contributed by atoms with Crippen LogP contribution in [0.25, 0.3) is 10.8 Å². The van der Waals surface area contributed by atoms with Crippen LogP contribution in [0.5, 0.6) is 0 Å². The molecule has 0 aliphatic rings. The Morgan fingerprint density at radius 3 is 2.48 bits per heavy atom. The normalized spacial score (nSPS) is 10.5. The fraction of sp³-hybridized carbons (Fsp3) is 0. The van der Waals surface area contributed by atoms with Crippen molar-refractivity contribution < 1.29 is 14.7 Å². The third-order valence-electron chi connectivity index (χ3n) is 3.03. The minimum absolute atomic E-state index is 0.0530. The van der Waals surface area contributed by atoms with Crippen molar-refractivity contribution in [3.8, 4) is 0 Å². The highest BCUT2D eigenvalue weighted by Crippen LogP contribution is 2.24. The Bertz CT molecular complexity index is 828. The largest absolute Gasteiger partial charge is 0.478 e. The average molecular weight is 298 g/mol. The van der Waals surface area contributed by atoms with Gasteiger partial charge in [0.2, 0.25) is 0 Å². The van der Waals surface area contributed by atoms with Crippen LogP contribution in [0, 0.1) is 0 Å². The van der Waals surface area contributed by atoms with E-state index in [1.54, 1.807) is 23.0 Å². The number of aromatic carboxylic acids is 1. The van der Waals surface area contributed by atoms with Crippen LogP contribution in [0.2, 0.25) is 0 Å². The number of carboxylic acid groups (broad SMARTS) is 1. The highest BCUT2D eigenvalue weighted by atomic mass is 32.1. The third kappa shape index (κ3) is 2.61. The Morgan fingerprint density at radius 2 is 1.86 bits per heavy atom. The van der Waals surface area contributed by atoms with Crippen LogP contribution in [0.1, 0.15) is 20.8 Å². The zero-order valence-electron chi connectivity index (χ0n) is 10.7. The monoisotopic (exact) mass is 298 g/mol. The molecule has 0 radical (unpaired) electrons. The van der Waals surface area contributed by atoms with Gasteiger partial charge in [-0.15, -0.1) is 11.3 Å². The lowest BCUT2D eigenvalue weighted by atomic mass is 10.0. The second-order valence-electron chi connectivity index (χ2n) is 4.38. The van der Waals surface area contributed by atoms with Crippen LogP contribution in [-0.2, 0) is 0 Å². The van der Waals surface area contributed by atoms with E-state index in [2.05, 4.69) is 10.3 Å². The van der Waals surface area contributed by atoms with Gasteiger partial charge in [0.05, 0.1) is 16.8 Å². The number of rotatable bonds is 3. The molecule has 0 saturated carbocycles. The standard InChI is InChI=1S/C15H10N2O3S/c18-14(13-7-21-8-16-13)17-12-6-10-4-2-1-3-9(10)5-11(12)15(19)20/h1-8H,(H,17,18)(H,19,20). The summed E-state index contributed by atoms with van der Waals surface area (Å²) in [7, 11) is 0. The lowest BCUT2D eigenvalue weighted by molar-refractivity contribution is 0.0698. The number of benzene rings is 2. The Kier molecular flexibility index (Phi) is 3.37. The Hall–Kier alpha value is -2.73. The maximum atomic E-state index is 12.0. The van der Waals surface area contributed by atoms with Crippen molar-refractivity contribution in [2.75, 3.05) is 5.32 Å². The number of hydrogen-bond acceptors (Lipinski definition) is 4. The van der Waals surface area contributed by atoms with Crippen molar-refractivity contribution in [2.45, 2.75) is 0 Å². The molecular weight excluding hydrogens is 288 g/mol. The molecule has 2 aromatic carbocycles. The zero-order valence-corrected chi connectivity index (χ0v) is 11.6. The van der Waals surface area contributed by atoms with Gasteiger partial charge in [0.15, 0.2) is 0 Å². The average Bonchev–Trinajstić information content (AvgIpc) is 3.00. The number of nitrogens with zero attached hydrogens (tertiary/aromatic N) is 1. The van der Waals surface area contributed by atoms with E-state index >= 15 is 0 Å². The summed E-state index contributed by atoms with van der Waals surface area (Å²) in [4.78, 5) is 27.3. The van der Waals surface area contributed by atoms with Crippen molar-refractivity contribution in [3.63, 3.8) is 0 Å². The fourth-order valence-corrected chi connectivity index (χ4v) is 2.56. The second kappa shape index (κ2) is 5.34. The number of carbonyl (C=O) groups is 2. The number of amides is 1. The molecule has 0 bridgehead atoms. The summed E-state index contributed by atoms with van der Waals surface area (Å²) >= 11 is 1.30. The van der Waals surface area contributed by atoms with E-state index < -0.39 is 11.9 Å². The van der Waals surface area contributed by atoms with Crippen LogP contribution in [0.3, 0.4) is 0 Å². The molecule has 0 fully saturated rings. The predicted octanol–water partition coefficient (Wildman–Crippen LogP) is 3.25. The first-order valence-electron chi connectivity index (χ1n) is 6.11. The van der Waals surface area contributed by atoms with Gasteiger partial charge in [0.25, 0.3) is 5.91 Å². The molecule has 0 saturated heterocycles. The van der Waals surface area contributed by atoms with Crippen molar-refractivity contribution in [1.82, 2.24) is 4.98 Å². The van der Waals surface area contributed by atoms with Crippen LogP contribution in [-0.4, -0.2) is 22.0 Å². The van der Waals surface area contributed by atoms with Crippen LogP contribution in [0.15, 0.2) is 47.3 Å². The summed E-state index contributed by atoms with van der Waals surface area (Å²) in [6.45, 7) is 0. The van der Waals surface area contributed by atoms with Crippen LogP contribution < -0.4 is 5.32 Å². The molecule has 3 aromatic rings. The van der Waals surface area contributed by atoms with Crippen molar-refractivity contribution >= 4 is 39.7 Å². The Balaban J connectivity index is 2.05. The lowest BCUT2D eigenvalue weighted by Gasteiger charge is -2.09. The molecule has 5 nitrogen and oxygen atoms in total. The molecule has 0 atom stereocenters. The van der Waals surface area contributed by atoms with Crippen LogP contribution in [0.4, 0.5) is 5.69 Å². The molecule has 0 spiro atoms. The number of carbonyl (C=O) groups excluding carboxylic acids is 1. The van der Waals surface area contributed by atoms with Gasteiger partial charge in [-0.1, -0.05) is 24.3 Å². The summed E-state index contributed by atoms with van der Waals surface area (Å²) in [6, 6.07) is 10.6. The third-order valence-corrected chi connectivity index (χ3v) is 3.62. The molecule has 21 heavy (non-hydrogen) atoms. The second-order valence-corrected chi connectivity index (χ2v) is 5.10. The molecular formula is C15H10N2O3S. The number of hydrogen-bond donors (Lipinski definition) is 2. The summed E-state index contributed by atoms with van der Waals surface area (Å²) in [5, 5.41) is 15.2. The van der Waals surface area contributed by atoms with Crippen molar-refractivity contribution in [2.24, 2.45) is 0 Å². The van der Waals surface area contributed by atoms with Gasteiger partial charge in [-0.05, 0) is 22.9 Å². The van der Waals surface area contributed by atoms with Gasteiger partial charge in [0.1, 0.15) is 5.69 Å². The molecule has 1 amide bonds. The number of anilines is 1. The maximum absolute atomic E-state index is 12.0. The van der Waals surface area contributed by atoms with E-state index in [9.17, 15) is 14.7 Å². The highest BCUT2D eigenvalue weighted by Gasteiger charge is 2.15. The summed E-state index contributed by atoms with van der Waals surface area (Å²) < 4.78 is 0. The van der Waals surface area contributed by atoms with Gasteiger partial charge >= 0.3 is 5.97 Å². The molecule has 0 unspecified atom stereocenters. The highest BCUT2D eigenvalue weighted by molar-refractivity contribution is 7.07. The minimum atomic E-state index is -1.09. The van der Waals surface area contributed by atoms with E-state index in [0.29, 0.717) is 0 Å². The first-order chi connectivity index (χ1) is 10.1. The number of fused-ring (bicyclic) bond motifs is 1.